The molecule has 0 bridgehead atoms. The number of nitrogens with one attached hydrogen (secondary N) is 1. The van der Waals surface area contributed by atoms with Crippen molar-refractivity contribution in [2.45, 2.75) is 11.5 Å². The summed E-state index contributed by atoms with van der Waals surface area (Å²) in [6.07, 6.45) is 0. The lowest BCUT2D eigenvalue weighted by Crippen LogP contribution is -2.21. The molecule has 1 N–H and O–H groups in total. The van der Waals surface area contributed by atoms with Crippen LogP contribution >= 0.6 is 11.8 Å². The van der Waals surface area contributed by atoms with E-state index in [0.717, 1.165) is 10.5 Å². The van der Waals surface area contributed by atoms with Gasteiger partial charge in [-0.3, -0.25) is 4.79 Å². The SMILES string of the molecule is CNC(=O)C(=CSc1ccccc1)OCc1ccccc1. The molecule has 2 aromatic rings. The zero-order chi connectivity index (χ0) is 14.9. The zero-order valence-corrected chi connectivity index (χ0v) is 12.6. The molecule has 0 aliphatic rings. The Bertz CT molecular complexity index is 597. The zero-order valence-electron chi connectivity index (χ0n) is 11.8. The van der Waals surface area contributed by atoms with E-state index in [-0.39, 0.29) is 5.91 Å². The van der Waals surface area contributed by atoms with Gasteiger partial charge in [0, 0.05) is 17.4 Å². The third-order valence-corrected chi connectivity index (χ3v) is 3.61. The highest BCUT2D eigenvalue weighted by Crippen LogP contribution is 2.21. The number of hydrogen-bond acceptors (Lipinski definition) is 3. The normalized spacial score (nSPS) is 11.0. The van der Waals surface area contributed by atoms with E-state index in [9.17, 15) is 4.79 Å². The predicted octanol–water partition coefficient (Wildman–Crippen LogP) is 3.58. The maximum Gasteiger partial charge on any atom is 0.286 e. The molecule has 2 aromatic carbocycles. The molecule has 0 saturated heterocycles. The van der Waals surface area contributed by atoms with Gasteiger partial charge in [0.05, 0.1) is 0 Å². The summed E-state index contributed by atoms with van der Waals surface area (Å²) in [5.74, 6) is 0.0876. The van der Waals surface area contributed by atoms with Crippen LogP contribution in [0.15, 0.2) is 76.7 Å². The van der Waals surface area contributed by atoms with Gasteiger partial charge >= 0.3 is 0 Å². The fourth-order valence-electron chi connectivity index (χ4n) is 1.63. The molecule has 0 atom stereocenters. The maximum atomic E-state index is 11.8. The van der Waals surface area contributed by atoms with Gasteiger partial charge in [0.2, 0.25) is 0 Å². The van der Waals surface area contributed by atoms with Gasteiger partial charge in [-0.2, -0.15) is 0 Å². The molecule has 0 spiro atoms. The van der Waals surface area contributed by atoms with Crippen molar-refractivity contribution in [2.75, 3.05) is 7.05 Å². The molecule has 0 aliphatic carbocycles. The number of amides is 1. The quantitative estimate of drug-likeness (QED) is 0.503. The van der Waals surface area contributed by atoms with Crippen molar-refractivity contribution in [3.05, 3.63) is 77.4 Å². The van der Waals surface area contributed by atoms with E-state index in [1.165, 1.54) is 11.8 Å². The molecule has 108 valence electrons. The van der Waals surface area contributed by atoms with Crippen molar-refractivity contribution in [1.82, 2.24) is 5.32 Å². The van der Waals surface area contributed by atoms with E-state index in [0.29, 0.717) is 12.4 Å². The van der Waals surface area contributed by atoms with Gasteiger partial charge in [-0.05, 0) is 17.7 Å². The van der Waals surface area contributed by atoms with Crippen LogP contribution in [-0.4, -0.2) is 13.0 Å². The van der Waals surface area contributed by atoms with Crippen molar-refractivity contribution in [3.63, 3.8) is 0 Å². The molecule has 1 amide bonds. The average molecular weight is 299 g/mol. The summed E-state index contributed by atoms with van der Waals surface area (Å²) in [5, 5.41) is 4.33. The summed E-state index contributed by atoms with van der Waals surface area (Å²) >= 11 is 1.46. The Morgan fingerprint density at radius 1 is 1.10 bits per heavy atom. The van der Waals surface area contributed by atoms with Crippen molar-refractivity contribution in [3.8, 4) is 0 Å². The Kier molecular flexibility index (Phi) is 5.91. The van der Waals surface area contributed by atoms with E-state index in [4.69, 9.17) is 4.74 Å². The van der Waals surface area contributed by atoms with Crippen LogP contribution in [0.1, 0.15) is 5.56 Å². The summed E-state index contributed by atoms with van der Waals surface area (Å²) in [6, 6.07) is 19.6. The molecule has 0 saturated carbocycles. The standard InChI is InChI=1S/C17H17NO2S/c1-18-17(19)16(13-21-15-10-6-3-7-11-15)20-12-14-8-4-2-5-9-14/h2-11,13H,12H2,1H3,(H,18,19). The third kappa shape index (κ3) is 5.00. The Balaban J connectivity index is 2.02. The topological polar surface area (TPSA) is 38.3 Å². The van der Waals surface area contributed by atoms with Gasteiger partial charge in [-0.25, -0.2) is 0 Å². The number of likely N-dealkylation sites (N-methyl/N-ethyl adjacent to an activating group) is 1. The summed E-state index contributed by atoms with van der Waals surface area (Å²) in [5.41, 5.74) is 1.03. The summed E-state index contributed by atoms with van der Waals surface area (Å²) < 4.78 is 5.63. The largest absolute Gasteiger partial charge is 0.483 e. The minimum absolute atomic E-state index is 0.227. The maximum absolute atomic E-state index is 11.8. The monoisotopic (exact) mass is 299 g/mol. The second-order valence-corrected chi connectivity index (χ2v) is 5.21. The molecule has 0 unspecified atom stereocenters. The number of hydrogen-bond donors (Lipinski definition) is 1. The van der Waals surface area contributed by atoms with E-state index < -0.39 is 0 Å². The predicted molar refractivity (Wildman–Crippen MR) is 85.7 cm³/mol. The lowest BCUT2D eigenvalue weighted by Gasteiger charge is -2.09. The van der Waals surface area contributed by atoms with Crippen LogP contribution in [-0.2, 0) is 16.1 Å². The first-order valence-electron chi connectivity index (χ1n) is 6.60. The summed E-state index contributed by atoms with van der Waals surface area (Å²) in [6.45, 7) is 0.370. The highest BCUT2D eigenvalue weighted by Gasteiger charge is 2.09. The van der Waals surface area contributed by atoms with Gasteiger partial charge in [0.25, 0.3) is 5.91 Å². The molecule has 0 radical (unpaired) electrons. The van der Waals surface area contributed by atoms with Gasteiger partial charge in [-0.15, -0.1) is 0 Å². The molecule has 4 heteroatoms. The highest BCUT2D eigenvalue weighted by atomic mass is 32.2. The lowest BCUT2D eigenvalue weighted by atomic mass is 10.2. The molecule has 21 heavy (non-hydrogen) atoms. The molecule has 3 nitrogen and oxygen atoms in total. The first-order chi connectivity index (χ1) is 10.3. The van der Waals surface area contributed by atoms with E-state index >= 15 is 0 Å². The fourth-order valence-corrected chi connectivity index (χ4v) is 2.36. The van der Waals surface area contributed by atoms with Crippen molar-refractivity contribution in [1.29, 1.82) is 0 Å². The number of thioether (sulfide) groups is 1. The van der Waals surface area contributed by atoms with Gasteiger partial charge in [0.15, 0.2) is 5.76 Å². The van der Waals surface area contributed by atoms with E-state index in [1.54, 1.807) is 12.5 Å². The molecular formula is C17H17NO2S. The molecule has 0 aliphatic heterocycles. The molecular weight excluding hydrogens is 282 g/mol. The first-order valence-corrected chi connectivity index (χ1v) is 7.48. The molecule has 0 fully saturated rings. The number of carbonyl (C=O) groups is 1. The van der Waals surface area contributed by atoms with Crippen LogP contribution in [0.3, 0.4) is 0 Å². The minimum Gasteiger partial charge on any atom is -0.483 e. The van der Waals surface area contributed by atoms with Gasteiger partial charge in [0.1, 0.15) is 6.61 Å². The Morgan fingerprint density at radius 2 is 1.71 bits per heavy atom. The van der Waals surface area contributed by atoms with Crippen LogP contribution in [0.25, 0.3) is 0 Å². The second kappa shape index (κ2) is 8.17. The fraction of sp³-hybridized carbons (Fsp3) is 0.118. The van der Waals surface area contributed by atoms with Crippen LogP contribution in [0.4, 0.5) is 0 Å². The molecule has 0 heterocycles. The second-order valence-electron chi connectivity index (χ2n) is 4.27. The number of rotatable bonds is 6. The lowest BCUT2D eigenvalue weighted by molar-refractivity contribution is -0.120. The van der Waals surface area contributed by atoms with E-state index in [1.807, 2.05) is 60.7 Å². The Labute approximate surface area is 129 Å². The highest BCUT2D eigenvalue weighted by molar-refractivity contribution is 8.02. The summed E-state index contributed by atoms with van der Waals surface area (Å²) in [7, 11) is 1.59. The Hall–Kier alpha value is -2.20. The third-order valence-electron chi connectivity index (χ3n) is 2.73. The number of ether oxygens (including phenoxy) is 1. The molecule has 2 rings (SSSR count). The smallest absolute Gasteiger partial charge is 0.286 e. The van der Waals surface area contributed by atoms with Crippen LogP contribution < -0.4 is 5.32 Å². The van der Waals surface area contributed by atoms with Crippen molar-refractivity contribution < 1.29 is 9.53 Å². The summed E-state index contributed by atoms with van der Waals surface area (Å²) in [4.78, 5) is 12.9. The first kappa shape index (κ1) is 15.2. The average Bonchev–Trinajstić information content (AvgIpc) is 2.56. The van der Waals surface area contributed by atoms with Crippen molar-refractivity contribution >= 4 is 17.7 Å². The van der Waals surface area contributed by atoms with E-state index in [2.05, 4.69) is 5.32 Å². The van der Waals surface area contributed by atoms with Gasteiger partial charge in [-0.1, -0.05) is 60.3 Å². The van der Waals surface area contributed by atoms with Gasteiger partial charge < -0.3 is 10.1 Å². The molecule has 0 aromatic heterocycles. The van der Waals surface area contributed by atoms with Crippen LogP contribution in [0.2, 0.25) is 0 Å². The Morgan fingerprint density at radius 3 is 2.33 bits per heavy atom. The number of carbonyl (C=O) groups excluding carboxylic acids is 1. The number of benzene rings is 2. The van der Waals surface area contributed by atoms with Crippen LogP contribution in [0.5, 0.6) is 0 Å². The minimum atomic E-state index is -0.227. The van der Waals surface area contributed by atoms with Crippen LogP contribution in [0, 0.1) is 0 Å². The van der Waals surface area contributed by atoms with Crippen molar-refractivity contribution in [2.24, 2.45) is 0 Å².